The zero-order valence-electron chi connectivity index (χ0n) is 10.0. The second kappa shape index (κ2) is 11.0. The summed E-state index contributed by atoms with van der Waals surface area (Å²) < 4.78 is 5.49. The first kappa shape index (κ1) is 13.9. The van der Waals surface area contributed by atoms with Gasteiger partial charge in [-0.1, -0.05) is 12.8 Å². The van der Waals surface area contributed by atoms with Gasteiger partial charge in [-0.3, -0.25) is 0 Å². The van der Waals surface area contributed by atoms with Crippen LogP contribution in [-0.2, 0) is 4.74 Å². The lowest BCUT2D eigenvalue weighted by Gasteiger charge is -2.09. The Balaban J connectivity index is 2.85. The second-order valence-electron chi connectivity index (χ2n) is 3.93. The maximum atomic E-state index is 5.49. The molecule has 0 aromatic rings. The molecule has 0 fully saturated rings. The number of rotatable bonds is 10. The van der Waals surface area contributed by atoms with Crippen molar-refractivity contribution in [3.8, 4) is 0 Å². The van der Waals surface area contributed by atoms with Crippen LogP contribution in [0.5, 0.6) is 0 Å². The average Bonchev–Trinajstić information content (AvgIpc) is 2.15. The molecule has 0 unspecified atom stereocenters. The molecule has 0 aromatic carbocycles. The lowest BCUT2D eigenvalue weighted by molar-refractivity contribution is 0.114. The smallest absolute Gasteiger partial charge is 0.0593 e. The van der Waals surface area contributed by atoms with Gasteiger partial charge in [-0.05, 0) is 40.5 Å². The summed E-state index contributed by atoms with van der Waals surface area (Å²) >= 11 is 0. The minimum absolute atomic E-state index is 0.865. The highest BCUT2D eigenvalue weighted by Crippen LogP contribution is 1.98. The van der Waals surface area contributed by atoms with Crippen LogP contribution in [-0.4, -0.2) is 52.3 Å². The van der Waals surface area contributed by atoms with E-state index in [1.54, 1.807) is 0 Å². The first-order valence-corrected chi connectivity index (χ1v) is 5.64. The number of nitrogens with one attached hydrogen (secondary N) is 1. The average molecular weight is 202 g/mol. The van der Waals surface area contributed by atoms with Gasteiger partial charge in [0.05, 0.1) is 6.61 Å². The predicted molar refractivity (Wildman–Crippen MR) is 61.8 cm³/mol. The molecule has 1 N–H and O–H groups in total. The summed E-state index contributed by atoms with van der Waals surface area (Å²) in [6, 6.07) is 0. The van der Waals surface area contributed by atoms with E-state index in [1.165, 1.54) is 25.7 Å². The Hall–Kier alpha value is -0.120. The van der Waals surface area contributed by atoms with Crippen LogP contribution in [0.25, 0.3) is 0 Å². The molecule has 0 radical (unpaired) electrons. The number of likely N-dealkylation sites (N-methyl/N-ethyl adjacent to an activating group) is 1. The number of nitrogens with zero attached hydrogens (tertiary/aromatic N) is 1. The van der Waals surface area contributed by atoms with E-state index in [-0.39, 0.29) is 0 Å². The minimum Gasteiger partial charge on any atom is -0.380 e. The van der Waals surface area contributed by atoms with Gasteiger partial charge in [0, 0.05) is 13.2 Å². The molecule has 0 aromatic heterocycles. The Morgan fingerprint density at radius 1 is 1.00 bits per heavy atom. The third kappa shape index (κ3) is 11.9. The van der Waals surface area contributed by atoms with Crippen LogP contribution in [0.15, 0.2) is 0 Å². The van der Waals surface area contributed by atoms with Crippen molar-refractivity contribution in [2.75, 3.05) is 47.4 Å². The van der Waals surface area contributed by atoms with E-state index < -0.39 is 0 Å². The summed E-state index contributed by atoms with van der Waals surface area (Å²) in [5.74, 6) is 0. The van der Waals surface area contributed by atoms with Gasteiger partial charge in [-0.15, -0.1) is 0 Å². The van der Waals surface area contributed by atoms with Crippen molar-refractivity contribution in [3.63, 3.8) is 0 Å². The maximum Gasteiger partial charge on any atom is 0.0593 e. The third-order valence-corrected chi connectivity index (χ3v) is 2.15. The predicted octanol–water partition coefficient (Wildman–Crippen LogP) is 1.34. The maximum absolute atomic E-state index is 5.49. The monoisotopic (exact) mass is 202 g/mol. The molecule has 3 heteroatoms. The Labute approximate surface area is 88.8 Å². The Morgan fingerprint density at radius 3 is 2.36 bits per heavy atom. The Morgan fingerprint density at radius 2 is 1.71 bits per heavy atom. The summed E-state index contributed by atoms with van der Waals surface area (Å²) in [6.07, 6.45) is 5.10. The van der Waals surface area contributed by atoms with Gasteiger partial charge < -0.3 is 15.0 Å². The molecule has 0 saturated heterocycles. The first-order chi connectivity index (χ1) is 6.77. The van der Waals surface area contributed by atoms with Crippen LogP contribution in [0.1, 0.15) is 25.7 Å². The van der Waals surface area contributed by atoms with Crippen molar-refractivity contribution < 1.29 is 4.74 Å². The largest absolute Gasteiger partial charge is 0.380 e. The molecule has 3 nitrogen and oxygen atoms in total. The van der Waals surface area contributed by atoms with Gasteiger partial charge >= 0.3 is 0 Å². The van der Waals surface area contributed by atoms with Crippen LogP contribution < -0.4 is 5.32 Å². The van der Waals surface area contributed by atoms with Crippen molar-refractivity contribution in [1.82, 2.24) is 10.2 Å². The van der Waals surface area contributed by atoms with Gasteiger partial charge in [0.15, 0.2) is 0 Å². The minimum atomic E-state index is 0.865. The molecule has 86 valence electrons. The highest BCUT2D eigenvalue weighted by atomic mass is 16.5. The molecule has 0 amide bonds. The summed E-state index contributed by atoms with van der Waals surface area (Å²) in [4.78, 5) is 2.15. The molecule has 14 heavy (non-hydrogen) atoms. The van der Waals surface area contributed by atoms with Crippen LogP contribution in [0.4, 0.5) is 0 Å². The number of hydrogen-bond acceptors (Lipinski definition) is 3. The zero-order valence-corrected chi connectivity index (χ0v) is 10.0. The molecule has 0 aliphatic carbocycles. The summed E-state index contributed by atoms with van der Waals surface area (Å²) in [5, 5.41) is 3.15. The van der Waals surface area contributed by atoms with Crippen molar-refractivity contribution in [2.24, 2.45) is 0 Å². The molecule has 0 rings (SSSR count). The molecule has 0 spiro atoms. The quantitative estimate of drug-likeness (QED) is 0.541. The third-order valence-electron chi connectivity index (χ3n) is 2.15. The van der Waals surface area contributed by atoms with Gasteiger partial charge in [-0.2, -0.15) is 0 Å². The highest BCUT2D eigenvalue weighted by molar-refractivity contribution is 4.46. The van der Waals surface area contributed by atoms with Gasteiger partial charge in [-0.25, -0.2) is 0 Å². The van der Waals surface area contributed by atoms with E-state index in [2.05, 4.69) is 24.3 Å². The molecule has 0 bridgehead atoms. The summed E-state index contributed by atoms with van der Waals surface area (Å²) in [7, 11) is 6.15. The SMILES string of the molecule is CNCCCCCCOCCN(C)C. The van der Waals surface area contributed by atoms with Crippen molar-refractivity contribution in [3.05, 3.63) is 0 Å². The van der Waals surface area contributed by atoms with Crippen LogP contribution in [0, 0.1) is 0 Å². The zero-order chi connectivity index (χ0) is 10.6. The standard InChI is InChI=1S/C11H26N2O/c1-12-8-6-4-5-7-10-14-11-9-13(2)3/h12H,4-11H2,1-3H3. The summed E-state index contributed by atoms with van der Waals surface area (Å²) in [5.41, 5.74) is 0. The Kier molecular flexibility index (Phi) is 10.9. The first-order valence-electron chi connectivity index (χ1n) is 5.64. The van der Waals surface area contributed by atoms with Crippen molar-refractivity contribution in [1.29, 1.82) is 0 Å². The Bertz CT molecular complexity index is 107. The lowest BCUT2D eigenvalue weighted by Crippen LogP contribution is -2.18. The van der Waals surface area contributed by atoms with E-state index in [1.807, 2.05) is 7.05 Å². The number of unbranched alkanes of at least 4 members (excludes halogenated alkanes) is 3. The van der Waals surface area contributed by atoms with Crippen molar-refractivity contribution >= 4 is 0 Å². The van der Waals surface area contributed by atoms with E-state index >= 15 is 0 Å². The lowest BCUT2D eigenvalue weighted by atomic mass is 10.2. The van der Waals surface area contributed by atoms with Crippen LogP contribution >= 0.6 is 0 Å². The van der Waals surface area contributed by atoms with E-state index in [0.717, 1.165) is 26.3 Å². The van der Waals surface area contributed by atoms with E-state index in [0.29, 0.717) is 0 Å². The molecular weight excluding hydrogens is 176 g/mol. The van der Waals surface area contributed by atoms with E-state index in [9.17, 15) is 0 Å². The van der Waals surface area contributed by atoms with Crippen LogP contribution in [0.2, 0.25) is 0 Å². The fraction of sp³-hybridized carbons (Fsp3) is 1.00. The molecule has 0 atom stereocenters. The molecule has 0 saturated carbocycles. The fourth-order valence-corrected chi connectivity index (χ4v) is 1.21. The van der Waals surface area contributed by atoms with E-state index in [4.69, 9.17) is 4.74 Å². The highest BCUT2D eigenvalue weighted by Gasteiger charge is 1.92. The number of hydrogen-bond donors (Lipinski definition) is 1. The summed E-state index contributed by atoms with van der Waals surface area (Å²) in [6.45, 7) is 3.96. The second-order valence-corrected chi connectivity index (χ2v) is 3.93. The van der Waals surface area contributed by atoms with Gasteiger partial charge in [0.25, 0.3) is 0 Å². The normalized spacial score (nSPS) is 11.1. The molecule has 0 heterocycles. The molecule has 0 aliphatic heterocycles. The van der Waals surface area contributed by atoms with Gasteiger partial charge in [0.1, 0.15) is 0 Å². The number of ether oxygens (including phenoxy) is 1. The van der Waals surface area contributed by atoms with Crippen molar-refractivity contribution in [2.45, 2.75) is 25.7 Å². The van der Waals surface area contributed by atoms with Gasteiger partial charge in [0.2, 0.25) is 0 Å². The molecule has 0 aliphatic rings. The van der Waals surface area contributed by atoms with Crippen LogP contribution in [0.3, 0.4) is 0 Å². The molecular formula is C11H26N2O. The topological polar surface area (TPSA) is 24.5 Å². The fourth-order valence-electron chi connectivity index (χ4n) is 1.21.